The summed E-state index contributed by atoms with van der Waals surface area (Å²) >= 11 is 0. The Morgan fingerprint density at radius 3 is 2.38 bits per heavy atom. The van der Waals surface area contributed by atoms with Crippen molar-refractivity contribution in [1.82, 2.24) is 25.4 Å². The summed E-state index contributed by atoms with van der Waals surface area (Å²) in [5.74, 6) is -2.79. The standard InChI is InChI=1S/C27H30F2N6O3.C3H3F3O/c1-26(2,16-36)21-12-19(35-11-10-31-27(15-35)8-9-27)6-7-20(21)25(37)34(3)14-18-5-4-17(13-30-18)23-32-33-24(38-23)22(28)29;1-2(7)3(4,5)6/h4-7,12-13,16,22,31H,8-11,14-15H2,1-3H3;1H3. The molecule has 0 radical (unpaired) electrons. The van der Waals surface area contributed by atoms with Gasteiger partial charge in [0, 0.05) is 62.0 Å². The molecule has 1 aromatic carbocycles. The molecule has 1 saturated heterocycles. The van der Waals surface area contributed by atoms with Crippen LogP contribution in [0.15, 0.2) is 40.9 Å². The van der Waals surface area contributed by atoms with Crippen LogP contribution in [0.3, 0.4) is 0 Å². The van der Waals surface area contributed by atoms with Crippen LogP contribution in [0.4, 0.5) is 27.6 Å². The highest BCUT2D eigenvalue weighted by molar-refractivity contribution is 5.97. The molecule has 1 N–H and O–H groups in total. The highest BCUT2D eigenvalue weighted by Gasteiger charge is 2.45. The molecule has 2 aliphatic rings. The van der Waals surface area contributed by atoms with E-state index in [9.17, 15) is 36.3 Å². The fraction of sp³-hybridized carbons (Fsp3) is 0.467. The minimum Gasteiger partial charge on any atom is -0.415 e. The van der Waals surface area contributed by atoms with Gasteiger partial charge in [0.2, 0.25) is 11.7 Å². The number of hydrogen-bond donors (Lipinski definition) is 1. The molecule has 0 bridgehead atoms. The maximum Gasteiger partial charge on any atom is 0.449 e. The number of rotatable bonds is 8. The number of aromatic nitrogens is 3. The van der Waals surface area contributed by atoms with Gasteiger partial charge in [-0.15, -0.1) is 10.2 Å². The molecule has 15 heteroatoms. The van der Waals surface area contributed by atoms with E-state index in [2.05, 4.69) is 25.4 Å². The molecule has 0 unspecified atom stereocenters. The normalized spacial score (nSPS) is 15.8. The van der Waals surface area contributed by atoms with Crippen molar-refractivity contribution in [3.63, 3.8) is 0 Å². The third kappa shape index (κ3) is 8.07. The first-order valence-corrected chi connectivity index (χ1v) is 14.1. The summed E-state index contributed by atoms with van der Waals surface area (Å²) in [5.41, 5.74) is 2.48. The first-order chi connectivity index (χ1) is 21.0. The number of piperazine rings is 1. The minimum atomic E-state index is -4.64. The van der Waals surface area contributed by atoms with Gasteiger partial charge in [0.1, 0.15) is 6.29 Å². The second kappa shape index (κ2) is 13.0. The largest absolute Gasteiger partial charge is 0.449 e. The van der Waals surface area contributed by atoms with Gasteiger partial charge in [-0.2, -0.15) is 22.0 Å². The molecule has 1 amide bonds. The lowest BCUT2D eigenvalue weighted by molar-refractivity contribution is -0.168. The average molecular weight is 637 g/mol. The number of carbonyl (C=O) groups excluding carboxylic acids is 3. The number of nitrogens with zero attached hydrogens (tertiary/aromatic N) is 5. The highest BCUT2D eigenvalue weighted by atomic mass is 19.4. The van der Waals surface area contributed by atoms with E-state index < -0.39 is 29.7 Å². The summed E-state index contributed by atoms with van der Waals surface area (Å²) in [6.45, 7) is 7.00. The number of anilines is 1. The van der Waals surface area contributed by atoms with Gasteiger partial charge in [-0.3, -0.25) is 14.6 Å². The summed E-state index contributed by atoms with van der Waals surface area (Å²) < 4.78 is 62.9. The van der Waals surface area contributed by atoms with E-state index >= 15 is 0 Å². The Morgan fingerprint density at radius 1 is 1.16 bits per heavy atom. The van der Waals surface area contributed by atoms with Crippen LogP contribution in [0.25, 0.3) is 11.5 Å². The summed E-state index contributed by atoms with van der Waals surface area (Å²) in [4.78, 5) is 43.1. The van der Waals surface area contributed by atoms with Crippen LogP contribution in [0.1, 0.15) is 67.5 Å². The van der Waals surface area contributed by atoms with Crippen molar-refractivity contribution in [3.8, 4) is 11.5 Å². The van der Waals surface area contributed by atoms with Gasteiger partial charge in [0.15, 0.2) is 0 Å². The van der Waals surface area contributed by atoms with E-state index in [1.165, 1.54) is 11.1 Å². The van der Waals surface area contributed by atoms with Crippen LogP contribution in [-0.2, 0) is 21.5 Å². The summed E-state index contributed by atoms with van der Waals surface area (Å²) in [7, 11) is 1.67. The van der Waals surface area contributed by atoms with Crippen LogP contribution < -0.4 is 10.2 Å². The van der Waals surface area contributed by atoms with Crippen molar-refractivity contribution in [2.75, 3.05) is 31.6 Å². The number of hydrogen-bond acceptors (Lipinski definition) is 9. The number of nitrogens with one attached hydrogen (secondary N) is 1. The Kier molecular flexibility index (Phi) is 9.71. The lowest BCUT2D eigenvalue weighted by Gasteiger charge is -2.36. The molecular weight excluding hydrogens is 603 g/mol. The molecule has 2 aromatic heterocycles. The molecule has 3 aromatic rings. The van der Waals surface area contributed by atoms with E-state index in [1.54, 1.807) is 19.2 Å². The zero-order valence-electron chi connectivity index (χ0n) is 25.1. The summed E-state index contributed by atoms with van der Waals surface area (Å²) in [6, 6.07) is 9.03. The predicted octanol–water partition coefficient (Wildman–Crippen LogP) is 4.90. The highest BCUT2D eigenvalue weighted by Crippen LogP contribution is 2.39. The van der Waals surface area contributed by atoms with E-state index in [-0.39, 0.29) is 23.9 Å². The van der Waals surface area contributed by atoms with Gasteiger partial charge in [0.05, 0.1) is 17.8 Å². The third-order valence-corrected chi connectivity index (χ3v) is 7.66. The quantitative estimate of drug-likeness (QED) is 0.272. The van der Waals surface area contributed by atoms with Gasteiger partial charge in [-0.1, -0.05) is 0 Å². The maximum absolute atomic E-state index is 13.5. The second-order valence-corrected chi connectivity index (χ2v) is 11.7. The predicted molar refractivity (Wildman–Crippen MR) is 153 cm³/mol. The van der Waals surface area contributed by atoms with Crippen LogP contribution in [-0.4, -0.2) is 76.5 Å². The van der Waals surface area contributed by atoms with Crippen molar-refractivity contribution >= 4 is 23.7 Å². The molecule has 0 atom stereocenters. The number of benzene rings is 1. The number of alkyl halides is 5. The van der Waals surface area contributed by atoms with Gasteiger partial charge >= 0.3 is 12.6 Å². The molecule has 1 spiro atoms. The van der Waals surface area contributed by atoms with E-state index in [4.69, 9.17) is 4.42 Å². The van der Waals surface area contributed by atoms with Crippen molar-refractivity contribution in [2.45, 2.75) is 63.7 Å². The fourth-order valence-corrected chi connectivity index (χ4v) is 4.78. The van der Waals surface area contributed by atoms with Crippen LogP contribution in [0.5, 0.6) is 0 Å². The number of ketones is 1. The van der Waals surface area contributed by atoms with Gasteiger partial charge in [-0.25, -0.2) is 0 Å². The van der Waals surface area contributed by atoms with Gasteiger partial charge < -0.3 is 24.3 Å². The Hall–Kier alpha value is -4.27. The zero-order valence-corrected chi connectivity index (χ0v) is 25.1. The monoisotopic (exact) mass is 636 g/mol. The topological polar surface area (TPSA) is 122 Å². The van der Waals surface area contributed by atoms with Crippen molar-refractivity contribution < 1.29 is 40.8 Å². The number of halogens is 5. The Labute approximate surface area is 256 Å². The Morgan fingerprint density at radius 2 is 1.84 bits per heavy atom. The number of aldehydes is 1. The van der Waals surface area contributed by atoms with Gasteiger partial charge in [-0.05, 0) is 62.6 Å². The van der Waals surface area contributed by atoms with Gasteiger partial charge in [0.25, 0.3) is 11.8 Å². The number of pyridine rings is 1. The molecule has 45 heavy (non-hydrogen) atoms. The molecular formula is C30H33F5N6O4. The molecule has 1 aliphatic carbocycles. The minimum absolute atomic E-state index is 0.0540. The molecule has 2 fully saturated rings. The van der Waals surface area contributed by atoms with Crippen LogP contribution in [0.2, 0.25) is 0 Å². The van der Waals surface area contributed by atoms with E-state index in [0.717, 1.165) is 44.4 Å². The zero-order chi connectivity index (χ0) is 33.2. The summed E-state index contributed by atoms with van der Waals surface area (Å²) in [5, 5.41) is 10.5. The first kappa shape index (κ1) is 33.6. The lowest BCUT2D eigenvalue weighted by atomic mass is 9.82. The SMILES string of the molecule is CC(=O)C(F)(F)F.CN(Cc1ccc(-c2nnc(C(F)F)o2)cn1)C(=O)c1ccc(N2CCNC3(CC3)C2)cc1C(C)(C)C=O. The van der Waals surface area contributed by atoms with Crippen molar-refractivity contribution in [1.29, 1.82) is 0 Å². The molecule has 10 nitrogen and oxygen atoms in total. The van der Waals surface area contributed by atoms with Crippen LogP contribution in [0, 0.1) is 0 Å². The van der Waals surface area contributed by atoms with Crippen molar-refractivity contribution in [3.05, 3.63) is 59.2 Å². The second-order valence-electron chi connectivity index (χ2n) is 11.7. The van der Waals surface area contributed by atoms with E-state index in [1.807, 2.05) is 32.0 Å². The number of amides is 1. The van der Waals surface area contributed by atoms with Crippen molar-refractivity contribution in [2.24, 2.45) is 0 Å². The average Bonchev–Trinajstić information content (AvgIpc) is 3.53. The molecule has 5 rings (SSSR count). The van der Waals surface area contributed by atoms with E-state index in [0.29, 0.717) is 29.3 Å². The number of carbonyl (C=O) groups is 3. The molecule has 1 aliphatic heterocycles. The smallest absolute Gasteiger partial charge is 0.415 e. The lowest BCUT2D eigenvalue weighted by Crippen LogP contribution is -2.52. The van der Waals surface area contributed by atoms with Crippen LogP contribution >= 0.6 is 0 Å². The third-order valence-electron chi connectivity index (χ3n) is 7.66. The summed E-state index contributed by atoms with van der Waals surface area (Å²) in [6.07, 6.45) is -2.85. The molecule has 242 valence electrons. The molecule has 3 heterocycles. The Bertz CT molecular complexity index is 1540. The maximum atomic E-state index is 13.5. The first-order valence-electron chi connectivity index (χ1n) is 14.1. The fourth-order valence-electron chi connectivity index (χ4n) is 4.78. The number of Topliss-reactive ketones (excluding diaryl/α,β-unsaturated/α-hetero) is 1. The Balaban J connectivity index is 0.000000591. The molecule has 1 saturated carbocycles.